The van der Waals surface area contributed by atoms with Crippen LogP contribution >= 0.6 is 46.4 Å². The molecule has 0 aliphatic heterocycles. The first-order valence-electron chi connectivity index (χ1n) is 6.08. The standard InChI is InChI=1S/C12H4Cl4N6O2/c13-7-17-8(14)20-11(19-7)23-5-1-2-6(4-3-5)24-12-21-9(15)18-10(16)22-12/h1-4H. The van der Waals surface area contributed by atoms with Crippen LogP contribution in [0.1, 0.15) is 0 Å². The number of hydrogen-bond donors (Lipinski definition) is 0. The molecule has 0 radical (unpaired) electrons. The van der Waals surface area contributed by atoms with Crippen LogP contribution in [0.3, 0.4) is 0 Å². The Labute approximate surface area is 154 Å². The summed E-state index contributed by atoms with van der Waals surface area (Å²) in [5, 5.41) is -0.302. The molecular weight excluding hydrogens is 402 g/mol. The predicted octanol–water partition coefficient (Wildman–Crippen LogP) is 4.25. The van der Waals surface area contributed by atoms with Crippen molar-refractivity contribution in [1.82, 2.24) is 29.9 Å². The van der Waals surface area contributed by atoms with Gasteiger partial charge in [-0.05, 0) is 70.7 Å². The van der Waals surface area contributed by atoms with E-state index in [2.05, 4.69) is 29.9 Å². The molecule has 0 saturated carbocycles. The molecule has 12 heteroatoms. The second kappa shape index (κ2) is 7.27. The third kappa shape index (κ3) is 4.51. The zero-order valence-corrected chi connectivity index (χ0v) is 14.3. The molecular formula is C12H4Cl4N6O2. The number of ether oxygens (including phenoxy) is 2. The molecule has 2 heterocycles. The molecule has 8 nitrogen and oxygen atoms in total. The zero-order chi connectivity index (χ0) is 17.1. The molecule has 0 spiro atoms. The topological polar surface area (TPSA) is 95.8 Å². The predicted molar refractivity (Wildman–Crippen MR) is 86.3 cm³/mol. The maximum atomic E-state index is 5.67. The van der Waals surface area contributed by atoms with Gasteiger partial charge in [-0.2, -0.15) is 29.9 Å². The van der Waals surface area contributed by atoms with Crippen molar-refractivity contribution < 1.29 is 9.47 Å². The van der Waals surface area contributed by atoms with E-state index < -0.39 is 0 Å². The van der Waals surface area contributed by atoms with Crippen molar-refractivity contribution in [3.8, 4) is 23.5 Å². The Morgan fingerprint density at radius 3 is 1.08 bits per heavy atom. The smallest absolute Gasteiger partial charge is 0.327 e. The van der Waals surface area contributed by atoms with E-state index in [4.69, 9.17) is 55.9 Å². The van der Waals surface area contributed by atoms with Crippen LogP contribution in [0.25, 0.3) is 0 Å². The number of hydrogen-bond acceptors (Lipinski definition) is 8. The average molecular weight is 406 g/mol. The quantitative estimate of drug-likeness (QED) is 0.635. The maximum absolute atomic E-state index is 5.67. The molecule has 0 N–H and O–H groups in total. The van der Waals surface area contributed by atoms with Crippen LogP contribution < -0.4 is 9.47 Å². The van der Waals surface area contributed by atoms with Gasteiger partial charge in [-0.25, -0.2) is 0 Å². The summed E-state index contributed by atoms with van der Waals surface area (Å²) in [4.78, 5) is 22.4. The van der Waals surface area contributed by atoms with Crippen LogP contribution in [0.4, 0.5) is 0 Å². The highest BCUT2D eigenvalue weighted by Crippen LogP contribution is 2.25. The van der Waals surface area contributed by atoms with Crippen molar-refractivity contribution in [2.75, 3.05) is 0 Å². The molecule has 2 aromatic heterocycles. The van der Waals surface area contributed by atoms with E-state index in [9.17, 15) is 0 Å². The SMILES string of the molecule is Clc1nc(Cl)nc(Oc2ccc(Oc3nc(Cl)nc(Cl)n3)cc2)n1. The molecule has 0 unspecified atom stereocenters. The number of rotatable bonds is 4. The van der Waals surface area contributed by atoms with Crippen LogP contribution in [-0.4, -0.2) is 29.9 Å². The molecule has 0 saturated heterocycles. The van der Waals surface area contributed by atoms with Gasteiger partial charge in [0.05, 0.1) is 0 Å². The Balaban J connectivity index is 1.73. The summed E-state index contributed by atoms with van der Waals surface area (Å²) in [6.07, 6.45) is 0. The molecule has 0 aliphatic carbocycles. The van der Waals surface area contributed by atoms with Crippen molar-refractivity contribution in [3.63, 3.8) is 0 Å². The second-order valence-corrected chi connectivity index (χ2v) is 5.34. The summed E-state index contributed by atoms with van der Waals surface area (Å²) >= 11 is 22.7. The highest BCUT2D eigenvalue weighted by Gasteiger charge is 2.08. The lowest BCUT2D eigenvalue weighted by Crippen LogP contribution is -1.96. The second-order valence-electron chi connectivity index (χ2n) is 3.99. The first-order valence-corrected chi connectivity index (χ1v) is 7.59. The molecule has 1 aromatic carbocycles. The summed E-state index contributed by atoms with van der Waals surface area (Å²) in [6, 6.07) is 6.34. The third-order valence-corrected chi connectivity index (χ3v) is 3.04. The Bertz CT molecular complexity index is 767. The highest BCUT2D eigenvalue weighted by molar-refractivity contribution is 6.31. The zero-order valence-electron chi connectivity index (χ0n) is 11.3. The van der Waals surface area contributed by atoms with Crippen molar-refractivity contribution in [2.45, 2.75) is 0 Å². The minimum absolute atomic E-state index is 0.0373. The molecule has 3 aromatic rings. The molecule has 3 rings (SSSR count). The summed E-state index contributed by atoms with van der Waals surface area (Å²) in [5.74, 6) is 0.847. The molecule has 0 bridgehead atoms. The van der Waals surface area contributed by atoms with Gasteiger partial charge in [-0.15, -0.1) is 0 Å². The van der Waals surface area contributed by atoms with Crippen LogP contribution in [0.15, 0.2) is 24.3 Å². The minimum Gasteiger partial charge on any atom is -0.424 e. The highest BCUT2D eigenvalue weighted by atomic mass is 35.5. The van der Waals surface area contributed by atoms with Gasteiger partial charge in [0, 0.05) is 0 Å². The minimum atomic E-state index is -0.0754. The molecule has 0 amide bonds. The maximum Gasteiger partial charge on any atom is 0.327 e. The number of aromatic nitrogens is 6. The fourth-order valence-electron chi connectivity index (χ4n) is 1.50. The van der Waals surface area contributed by atoms with Crippen LogP contribution in [0.5, 0.6) is 23.5 Å². The summed E-state index contributed by atoms with van der Waals surface area (Å²) in [5.41, 5.74) is 0. The Hall–Kier alpha value is -2.00. The average Bonchev–Trinajstić information content (AvgIpc) is 2.47. The van der Waals surface area contributed by atoms with E-state index >= 15 is 0 Å². The van der Waals surface area contributed by atoms with Crippen LogP contribution in [0, 0.1) is 0 Å². The van der Waals surface area contributed by atoms with Crippen LogP contribution in [-0.2, 0) is 0 Å². The monoisotopic (exact) mass is 404 g/mol. The Kier molecular flexibility index (Phi) is 5.10. The van der Waals surface area contributed by atoms with Crippen molar-refractivity contribution >= 4 is 46.4 Å². The fourth-order valence-corrected chi connectivity index (χ4v) is 2.19. The van der Waals surface area contributed by atoms with Gasteiger partial charge in [-0.1, -0.05) is 0 Å². The van der Waals surface area contributed by atoms with E-state index in [-0.39, 0.29) is 33.2 Å². The molecule has 0 atom stereocenters. The first-order chi connectivity index (χ1) is 11.5. The van der Waals surface area contributed by atoms with E-state index in [1.165, 1.54) is 0 Å². The van der Waals surface area contributed by atoms with Gasteiger partial charge in [0.25, 0.3) is 0 Å². The van der Waals surface area contributed by atoms with Gasteiger partial charge in [0.15, 0.2) is 0 Å². The first kappa shape index (κ1) is 16.8. The van der Waals surface area contributed by atoms with E-state index in [1.807, 2.05) is 0 Å². The van der Waals surface area contributed by atoms with Gasteiger partial charge in [0.1, 0.15) is 11.5 Å². The molecule has 122 valence electrons. The van der Waals surface area contributed by atoms with Gasteiger partial charge < -0.3 is 9.47 Å². The summed E-state index contributed by atoms with van der Waals surface area (Å²) in [7, 11) is 0. The van der Waals surface area contributed by atoms with Crippen molar-refractivity contribution in [3.05, 3.63) is 45.4 Å². The molecule has 0 fully saturated rings. The fraction of sp³-hybridized carbons (Fsp3) is 0. The number of benzene rings is 1. The lowest BCUT2D eigenvalue weighted by atomic mass is 10.3. The van der Waals surface area contributed by atoms with Crippen molar-refractivity contribution in [2.24, 2.45) is 0 Å². The lowest BCUT2D eigenvalue weighted by molar-refractivity contribution is 0.428. The normalized spacial score (nSPS) is 10.5. The van der Waals surface area contributed by atoms with Gasteiger partial charge in [-0.3, -0.25) is 0 Å². The molecule has 24 heavy (non-hydrogen) atoms. The number of nitrogens with zero attached hydrogens (tertiary/aromatic N) is 6. The van der Waals surface area contributed by atoms with E-state index in [1.54, 1.807) is 24.3 Å². The van der Waals surface area contributed by atoms with Gasteiger partial charge >= 0.3 is 12.0 Å². The summed E-state index contributed by atoms with van der Waals surface area (Å²) in [6.45, 7) is 0. The van der Waals surface area contributed by atoms with Crippen LogP contribution in [0.2, 0.25) is 21.1 Å². The largest absolute Gasteiger partial charge is 0.424 e. The van der Waals surface area contributed by atoms with Gasteiger partial charge in [0.2, 0.25) is 21.1 Å². The Morgan fingerprint density at radius 1 is 0.500 bits per heavy atom. The summed E-state index contributed by atoms with van der Waals surface area (Å²) < 4.78 is 10.8. The lowest BCUT2D eigenvalue weighted by Gasteiger charge is -2.06. The Morgan fingerprint density at radius 2 is 0.792 bits per heavy atom. The van der Waals surface area contributed by atoms with E-state index in [0.29, 0.717) is 11.5 Å². The third-order valence-electron chi connectivity index (χ3n) is 2.36. The number of halogens is 4. The molecule has 0 aliphatic rings. The van der Waals surface area contributed by atoms with E-state index in [0.717, 1.165) is 0 Å². The van der Waals surface area contributed by atoms with Crippen molar-refractivity contribution in [1.29, 1.82) is 0 Å².